The molecular weight excluding hydrogens is 441 g/mol. The second-order valence-corrected chi connectivity index (χ2v) is 8.30. The van der Waals surface area contributed by atoms with Crippen molar-refractivity contribution >= 4 is 23.1 Å². The highest BCUT2D eigenvalue weighted by Crippen LogP contribution is 2.31. The Bertz CT molecular complexity index is 1050. The predicted octanol–water partition coefficient (Wildman–Crippen LogP) is 4.34. The van der Waals surface area contributed by atoms with E-state index >= 15 is 0 Å². The monoisotopic (exact) mass is 462 g/mol. The molecule has 3 aromatic rings. The Hall–Kier alpha value is -3.14. The number of benzene rings is 1. The average Bonchev–Trinajstić information content (AvgIpc) is 3.33. The van der Waals surface area contributed by atoms with E-state index in [1.165, 1.54) is 12.1 Å². The summed E-state index contributed by atoms with van der Waals surface area (Å²) >= 11 is 1.60. The van der Waals surface area contributed by atoms with Crippen molar-refractivity contribution in [3.8, 4) is 16.3 Å². The van der Waals surface area contributed by atoms with Crippen molar-refractivity contribution in [3.63, 3.8) is 0 Å². The van der Waals surface area contributed by atoms with E-state index < -0.39 is 17.8 Å². The van der Waals surface area contributed by atoms with Crippen molar-refractivity contribution in [2.45, 2.75) is 19.2 Å². The topological polar surface area (TPSA) is 58.6 Å². The van der Waals surface area contributed by atoms with Gasteiger partial charge in [0.1, 0.15) is 11.4 Å². The number of ether oxygens (including phenoxy) is 1. The van der Waals surface area contributed by atoms with Crippen molar-refractivity contribution < 1.29 is 22.7 Å². The number of carbonyl (C=O) groups excluding carboxylic acids is 1. The van der Waals surface area contributed by atoms with E-state index in [1.54, 1.807) is 23.2 Å². The molecule has 1 amide bonds. The second kappa shape index (κ2) is 9.15. The number of aromatic nitrogens is 2. The largest absolute Gasteiger partial charge is 0.481 e. The van der Waals surface area contributed by atoms with Gasteiger partial charge in [-0.1, -0.05) is 12.1 Å². The van der Waals surface area contributed by atoms with Gasteiger partial charge in [-0.05, 0) is 48.7 Å². The standard InChI is InChI=1S/C22H21F3N4O2S/c1-15(31-17-5-2-4-16(14-17)22(23,24)25)21(30)29-11-9-28(10-12-29)20-8-7-18(26-27-20)19-6-3-13-32-19/h2-8,13-15H,9-12H2,1H3. The van der Waals surface area contributed by atoms with E-state index in [9.17, 15) is 18.0 Å². The molecule has 1 aliphatic rings. The summed E-state index contributed by atoms with van der Waals surface area (Å²) in [7, 11) is 0. The first kappa shape index (κ1) is 22.1. The van der Waals surface area contributed by atoms with E-state index in [2.05, 4.69) is 10.2 Å². The molecule has 0 bridgehead atoms. The van der Waals surface area contributed by atoms with E-state index in [1.807, 2.05) is 34.5 Å². The van der Waals surface area contributed by atoms with Crippen LogP contribution in [0.15, 0.2) is 53.9 Å². The summed E-state index contributed by atoms with van der Waals surface area (Å²) in [5.41, 5.74) is 0.00704. The zero-order valence-electron chi connectivity index (χ0n) is 17.2. The third-order valence-corrected chi connectivity index (χ3v) is 6.05. The van der Waals surface area contributed by atoms with Crippen molar-refractivity contribution in [2.75, 3.05) is 31.1 Å². The normalized spacial score (nSPS) is 15.5. The first-order chi connectivity index (χ1) is 15.3. The highest BCUT2D eigenvalue weighted by Gasteiger charge is 2.31. The van der Waals surface area contributed by atoms with Crippen LogP contribution in [0.3, 0.4) is 0 Å². The minimum Gasteiger partial charge on any atom is -0.481 e. The summed E-state index contributed by atoms with van der Waals surface area (Å²) in [6.45, 7) is 3.63. The van der Waals surface area contributed by atoms with Crippen LogP contribution in [0.25, 0.3) is 10.6 Å². The Kier molecular flexibility index (Phi) is 6.31. The number of anilines is 1. The fourth-order valence-corrected chi connectivity index (χ4v) is 4.15. The van der Waals surface area contributed by atoms with Gasteiger partial charge in [0.25, 0.3) is 5.91 Å². The molecule has 1 atom stereocenters. The van der Waals surface area contributed by atoms with Gasteiger partial charge in [-0.25, -0.2) is 0 Å². The van der Waals surface area contributed by atoms with Crippen LogP contribution in [-0.2, 0) is 11.0 Å². The maximum atomic E-state index is 12.9. The predicted molar refractivity (Wildman–Crippen MR) is 116 cm³/mol. The lowest BCUT2D eigenvalue weighted by molar-refractivity contribution is -0.138. The van der Waals surface area contributed by atoms with Crippen LogP contribution in [0.2, 0.25) is 0 Å². The van der Waals surface area contributed by atoms with E-state index in [0.29, 0.717) is 26.2 Å². The van der Waals surface area contributed by atoms with Gasteiger partial charge >= 0.3 is 6.18 Å². The molecule has 3 heterocycles. The summed E-state index contributed by atoms with van der Waals surface area (Å²) in [6, 6.07) is 12.3. The number of amides is 1. The molecule has 0 saturated carbocycles. The van der Waals surface area contributed by atoms with Gasteiger partial charge in [-0.15, -0.1) is 21.5 Å². The number of piperazine rings is 1. The van der Waals surface area contributed by atoms with Crippen molar-refractivity contribution in [1.82, 2.24) is 15.1 Å². The van der Waals surface area contributed by atoms with Crippen molar-refractivity contribution in [3.05, 3.63) is 59.5 Å². The summed E-state index contributed by atoms with van der Waals surface area (Å²) in [4.78, 5) is 17.5. The number of rotatable bonds is 5. The Morgan fingerprint density at radius 1 is 1.06 bits per heavy atom. The number of carbonyl (C=O) groups is 1. The van der Waals surface area contributed by atoms with E-state index in [4.69, 9.17) is 4.74 Å². The number of halogens is 3. The molecular formula is C22H21F3N4O2S. The molecule has 1 aromatic carbocycles. The van der Waals surface area contributed by atoms with Gasteiger partial charge in [0, 0.05) is 26.2 Å². The number of hydrogen-bond donors (Lipinski definition) is 0. The van der Waals surface area contributed by atoms with Crippen molar-refractivity contribution in [1.29, 1.82) is 0 Å². The summed E-state index contributed by atoms with van der Waals surface area (Å²) in [5.74, 6) is 0.493. The molecule has 0 spiro atoms. The van der Waals surface area contributed by atoms with Gasteiger partial charge in [0.05, 0.1) is 10.4 Å². The first-order valence-electron chi connectivity index (χ1n) is 10.1. The second-order valence-electron chi connectivity index (χ2n) is 7.35. The maximum absolute atomic E-state index is 12.9. The molecule has 1 aliphatic heterocycles. The quantitative estimate of drug-likeness (QED) is 0.565. The first-order valence-corrected chi connectivity index (χ1v) is 10.9. The van der Waals surface area contributed by atoms with Crippen LogP contribution in [0.4, 0.5) is 19.0 Å². The molecule has 1 saturated heterocycles. The Labute approximate surface area is 187 Å². The molecule has 2 aromatic heterocycles. The van der Waals surface area contributed by atoms with Gasteiger partial charge < -0.3 is 14.5 Å². The summed E-state index contributed by atoms with van der Waals surface area (Å²) in [5, 5.41) is 10.6. The lowest BCUT2D eigenvalue weighted by Crippen LogP contribution is -2.52. The zero-order chi connectivity index (χ0) is 22.7. The molecule has 0 radical (unpaired) electrons. The molecule has 10 heteroatoms. The van der Waals surface area contributed by atoms with Gasteiger partial charge in [0.2, 0.25) is 0 Å². The minimum absolute atomic E-state index is 0.0143. The highest BCUT2D eigenvalue weighted by atomic mass is 32.1. The Balaban J connectivity index is 1.32. The maximum Gasteiger partial charge on any atom is 0.416 e. The Morgan fingerprint density at radius 2 is 1.84 bits per heavy atom. The van der Waals surface area contributed by atoms with E-state index in [0.717, 1.165) is 28.5 Å². The van der Waals surface area contributed by atoms with Crippen LogP contribution >= 0.6 is 11.3 Å². The van der Waals surface area contributed by atoms with Crippen LogP contribution < -0.4 is 9.64 Å². The number of hydrogen-bond acceptors (Lipinski definition) is 6. The van der Waals surface area contributed by atoms with E-state index in [-0.39, 0.29) is 11.7 Å². The number of thiophene rings is 1. The summed E-state index contributed by atoms with van der Waals surface area (Å²) in [6.07, 6.45) is -5.36. The fraction of sp³-hybridized carbons (Fsp3) is 0.318. The molecule has 1 fully saturated rings. The van der Waals surface area contributed by atoms with Crippen LogP contribution in [0.5, 0.6) is 5.75 Å². The zero-order valence-corrected chi connectivity index (χ0v) is 18.1. The van der Waals surface area contributed by atoms with Crippen LogP contribution in [0, 0.1) is 0 Å². The van der Waals surface area contributed by atoms with Gasteiger partial charge in [0.15, 0.2) is 11.9 Å². The third-order valence-electron chi connectivity index (χ3n) is 5.16. The third kappa shape index (κ3) is 5.01. The molecule has 0 aliphatic carbocycles. The molecule has 168 valence electrons. The molecule has 4 rings (SSSR count). The average molecular weight is 462 g/mol. The number of nitrogens with zero attached hydrogens (tertiary/aromatic N) is 4. The minimum atomic E-state index is -4.46. The summed E-state index contributed by atoms with van der Waals surface area (Å²) < 4.78 is 44.1. The van der Waals surface area contributed by atoms with Crippen LogP contribution in [-0.4, -0.2) is 53.3 Å². The smallest absolute Gasteiger partial charge is 0.416 e. The van der Waals surface area contributed by atoms with Gasteiger partial charge in [-0.2, -0.15) is 13.2 Å². The highest BCUT2D eigenvalue weighted by molar-refractivity contribution is 7.13. The number of alkyl halides is 3. The molecule has 1 unspecified atom stereocenters. The lowest BCUT2D eigenvalue weighted by atomic mass is 10.2. The SMILES string of the molecule is CC(Oc1cccc(C(F)(F)F)c1)C(=O)N1CCN(c2ccc(-c3cccs3)nn2)CC1. The van der Waals surface area contributed by atoms with Gasteiger partial charge in [-0.3, -0.25) is 4.79 Å². The fourth-order valence-electron chi connectivity index (χ4n) is 3.46. The lowest BCUT2D eigenvalue weighted by Gasteiger charge is -2.36. The van der Waals surface area contributed by atoms with Crippen molar-refractivity contribution in [2.24, 2.45) is 0 Å². The molecule has 0 N–H and O–H groups in total. The Morgan fingerprint density at radius 3 is 2.47 bits per heavy atom. The molecule has 6 nitrogen and oxygen atoms in total. The molecule has 32 heavy (non-hydrogen) atoms. The van der Waals surface area contributed by atoms with Crippen LogP contribution in [0.1, 0.15) is 12.5 Å².